The molecule has 0 unspecified atom stereocenters. The standard InChI is InChI=1S/C10H19N3O/c1-5-14-10(3,4)7-13-8(2)9(11)6-12-13/h6H,5,7,11H2,1-4H3. The van der Waals surface area contributed by atoms with Gasteiger partial charge in [-0.15, -0.1) is 0 Å². The van der Waals surface area contributed by atoms with Crippen molar-refractivity contribution in [3.63, 3.8) is 0 Å². The molecule has 0 saturated heterocycles. The number of hydrogen-bond donors (Lipinski definition) is 1. The second-order valence-electron chi connectivity index (χ2n) is 4.04. The molecule has 1 rings (SSSR count). The van der Waals surface area contributed by atoms with E-state index >= 15 is 0 Å². The highest BCUT2D eigenvalue weighted by atomic mass is 16.5. The molecule has 0 atom stereocenters. The van der Waals surface area contributed by atoms with Crippen LogP contribution < -0.4 is 5.73 Å². The summed E-state index contributed by atoms with van der Waals surface area (Å²) in [7, 11) is 0. The Morgan fingerprint density at radius 3 is 2.64 bits per heavy atom. The molecule has 0 aliphatic rings. The Balaban J connectivity index is 2.73. The third-order valence-corrected chi connectivity index (χ3v) is 2.21. The van der Waals surface area contributed by atoms with Crippen LogP contribution in [-0.2, 0) is 11.3 Å². The first-order chi connectivity index (χ1) is 6.46. The van der Waals surface area contributed by atoms with Crippen molar-refractivity contribution in [2.24, 2.45) is 0 Å². The van der Waals surface area contributed by atoms with Crippen LogP contribution in [0.4, 0.5) is 5.69 Å². The summed E-state index contributed by atoms with van der Waals surface area (Å²) in [6, 6.07) is 0. The zero-order chi connectivity index (χ0) is 10.8. The van der Waals surface area contributed by atoms with Gasteiger partial charge in [0.2, 0.25) is 0 Å². The number of ether oxygens (including phenoxy) is 1. The van der Waals surface area contributed by atoms with E-state index in [1.165, 1.54) is 0 Å². The minimum Gasteiger partial charge on any atom is -0.396 e. The Morgan fingerprint density at radius 1 is 1.57 bits per heavy atom. The topological polar surface area (TPSA) is 53.1 Å². The third kappa shape index (κ3) is 2.48. The lowest BCUT2D eigenvalue weighted by molar-refractivity contribution is -0.0250. The van der Waals surface area contributed by atoms with Crippen molar-refractivity contribution >= 4 is 5.69 Å². The van der Waals surface area contributed by atoms with Crippen LogP contribution in [-0.4, -0.2) is 22.0 Å². The number of nitrogens with zero attached hydrogens (tertiary/aromatic N) is 2. The Kier molecular flexibility index (Phi) is 3.16. The molecule has 2 N–H and O–H groups in total. The molecule has 0 amide bonds. The van der Waals surface area contributed by atoms with E-state index < -0.39 is 0 Å². The average Bonchev–Trinajstić information content (AvgIpc) is 2.35. The van der Waals surface area contributed by atoms with Gasteiger partial charge >= 0.3 is 0 Å². The van der Waals surface area contributed by atoms with E-state index in [0.717, 1.165) is 17.9 Å². The first-order valence-corrected chi connectivity index (χ1v) is 4.88. The molecule has 1 aromatic heterocycles. The average molecular weight is 197 g/mol. The van der Waals surface area contributed by atoms with Crippen molar-refractivity contribution in [3.05, 3.63) is 11.9 Å². The van der Waals surface area contributed by atoms with Crippen LogP contribution in [0.2, 0.25) is 0 Å². The molecule has 1 aromatic rings. The summed E-state index contributed by atoms with van der Waals surface area (Å²) in [5.41, 5.74) is 7.24. The summed E-state index contributed by atoms with van der Waals surface area (Å²) in [6.45, 7) is 9.49. The number of aromatic nitrogens is 2. The molecule has 0 aromatic carbocycles. The molecule has 0 aliphatic carbocycles. The second kappa shape index (κ2) is 4.00. The SMILES string of the molecule is CCOC(C)(C)Cn1ncc(N)c1C. The lowest BCUT2D eigenvalue weighted by Gasteiger charge is -2.25. The van der Waals surface area contributed by atoms with E-state index in [2.05, 4.69) is 5.10 Å². The largest absolute Gasteiger partial charge is 0.396 e. The van der Waals surface area contributed by atoms with Crippen molar-refractivity contribution in [2.75, 3.05) is 12.3 Å². The molecular formula is C10H19N3O. The van der Waals surface area contributed by atoms with Gasteiger partial charge in [0.15, 0.2) is 0 Å². The molecule has 0 saturated carbocycles. The molecule has 4 nitrogen and oxygen atoms in total. The van der Waals surface area contributed by atoms with Crippen molar-refractivity contribution < 1.29 is 4.74 Å². The van der Waals surface area contributed by atoms with E-state index in [1.807, 2.05) is 32.4 Å². The Labute approximate surface area is 85.0 Å². The van der Waals surface area contributed by atoms with Gasteiger partial charge in [-0.25, -0.2) is 0 Å². The number of nitrogens with two attached hydrogens (primary N) is 1. The molecule has 0 radical (unpaired) electrons. The Bertz CT molecular complexity index is 304. The van der Waals surface area contributed by atoms with E-state index in [1.54, 1.807) is 6.20 Å². The molecule has 4 heteroatoms. The predicted octanol–water partition coefficient (Wildman–Crippen LogP) is 1.59. The molecule has 0 bridgehead atoms. The quantitative estimate of drug-likeness (QED) is 0.797. The Morgan fingerprint density at radius 2 is 2.21 bits per heavy atom. The second-order valence-corrected chi connectivity index (χ2v) is 4.04. The monoisotopic (exact) mass is 197 g/mol. The van der Waals surface area contributed by atoms with Crippen molar-refractivity contribution in [2.45, 2.75) is 39.8 Å². The van der Waals surface area contributed by atoms with E-state index in [0.29, 0.717) is 6.61 Å². The fraction of sp³-hybridized carbons (Fsp3) is 0.700. The number of nitrogen functional groups attached to an aromatic ring is 1. The highest BCUT2D eigenvalue weighted by Crippen LogP contribution is 2.16. The first-order valence-electron chi connectivity index (χ1n) is 4.88. The summed E-state index contributed by atoms with van der Waals surface area (Å²) in [4.78, 5) is 0. The zero-order valence-corrected chi connectivity index (χ0v) is 9.37. The summed E-state index contributed by atoms with van der Waals surface area (Å²) in [5, 5.41) is 4.19. The summed E-state index contributed by atoms with van der Waals surface area (Å²) >= 11 is 0. The van der Waals surface area contributed by atoms with Crippen LogP contribution in [0.5, 0.6) is 0 Å². The van der Waals surface area contributed by atoms with Crippen LogP contribution in [0.3, 0.4) is 0 Å². The minimum absolute atomic E-state index is 0.196. The first kappa shape index (κ1) is 11.0. The number of rotatable bonds is 4. The fourth-order valence-electron chi connectivity index (χ4n) is 1.42. The molecule has 0 aliphatic heterocycles. The molecule has 1 heterocycles. The van der Waals surface area contributed by atoms with E-state index in [4.69, 9.17) is 10.5 Å². The maximum atomic E-state index is 5.71. The highest BCUT2D eigenvalue weighted by molar-refractivity contribution is 5.39. The van der Waals surface area contributed by atoms with Gasteiger partial charge in [0.1, 0.15) is 0 Å². The third-order valence-electron chi connectivity index (χ3n) is 2.21. The van der Waals surface area contributed by atoms with Crippen LogP contribution in [0.1, 0.15) is 26.5 Å². The minimum atomic E-state index is -0.196. The number of hydrogen-bond acceptors (Lipinski definition) is 3. The summed E-state index contributed by atoms with van der Waals surface area (Å²) < 4.78 is 7.48. The van der Waals surface area contributed by atoms with Crippen LogP contribution in [0, 0.1) is 6.92 Å². The summed E-state index contributed by atoms with van der Waals surface area (Å²) in [6.07, 6.45) is 1.68. The molecule has 80 valence electrons. The van der Waals surface area contributed by atoms with Crippen LogP contribution in [0.25, 0.3) is 0 Å². The van der Waals surface area contributed by atoms with Gasteiger partial charge in [0, 0.05) is 6.61 Å². The van der Waals surface area contributed by atoms with Gasteiger partial charge in [-0.2, -0.15) is 5.10 Å². The lowest BCUT2D eigenvalue weighted by atomic mass is 10.1. The normalized spacial score (nSPS) is 12.0. The number of anilines is 1. The molecule has 0 spiro atoms. The molecular weight excluding hydrogens is 178 g/mol. The maximum absolute atomic E-state index is 5.71. The van der Waals surface area contributed by atoms with Gasteiger partial charge in [-0.1, -0.05) is 0 Å². The van der Waals surface area contributed by atoms with Crippen LogP contribution in [0.15, 0.2) is 6.20 Å². The van der Waals surface area contributed by atoms with Crippen LogP contribution >= 0.6 is 0 Å². The smallest absolute Gasteiger partial charge is 0.0821 e. The van der Waals surface area contributed by atoms with Crippen molar-refractivity contribution in [3.8, 4) is 0 Å². The van der Waals surface area contributed by atoms with Gasteiger partial charge in [-0.3, -0.25) is 4.68 Å². The van der Waals surface area contributed by atoms with Gasteiger partial charge < -0.3 is 10.5 Å². The van der Waals surface area contributed by atoms with Gasteiger partial charge in [-0.05, 0) is 27.7 Å². The highest BCUT2D eigenvalue weighted by Gasteiger charge is 2.20. The van der Waals surface area contributed by atoms with E-state index in [-0.39, 0.29) is 5.60 Å². The summed E-state index contributed by atoms with van der Waals surface area (Å²) in [5.74, 6) is 0. The van der Waals surface area contributed by atoms with Crippen molar-refractivity contribution in [1.29, 1.82) is 0 Å². The molecule has 0 fully saturated rings. The molecule has 14 heavy (non-hydrogen) atoms. The van der Waals surface area contributed by atoms with Gasteiger partial charge in [0.05, 0.1) is 29.7 Å². The lowest BCUT2D eigenvalue weighted by Crippen LogP contribution is -2.31. The maximum Gasteiger partial charge on any atom is 0.0821 e. The van der Waals surface area contributed by atoms with Crippen molar-refractivity contribution in [1.82, 2.24) is 9.78 Å². The predicted molar refractivity (Wildman–Crippen MR) is 57.1 cm³/mol. The fourth-order valence-corrected chi connectivity index (χ4v) is 1.42. The van der Waals surface area contributed by atoms with E-state index in [9.17, 15) is 0 Å². The Hall–Kier alpha value is -1.03. The van der Waals surface area contributed by atoms with Gasteiger partial charge in [0.25, 0.3) is 0 Å². The zero-order valence-electron chi connectivity index (χ0n) is 9.37.